The van der Waals surface area contributed by atoms with Crippen molar-refractivity contribution in [1.82, 2.24) is 34.8 Å². The van der Waals surface area contributed by atoms with E-state index in [2.05, 4.69) is 30.5 Å². The Morgan fingerprint density at radius 2 is 1.72 bits per heavy atom. The molecule has 316 valence electrons. The van der Waals surface area contributed by atoms with Crippen LogP contribution in [-0.2, 0) is 20.7 Å². The molecule has 1 atom stereocenters. The van der Waals surface area contributed by atoms with Gasteiger partial charge in [-0.25, -0.2) is 9.37 Å². The zero-order valence-corrected chi connectivity index (χ0v) is 34.4. The van der Waals surface area contributed by atoms with Gasteiger partial charge in [-0.3, -0.25) is 34.1 Å². The lowest BCUT2D eigenvalue weighted by molar-refractivity contribution is -0.136. The monoisotopic (exact) mass is 861 g/mol. The normalized spacial score (nSPS) is 19.1. The van der Waals surface area contributed by atoms with Crippen molar-refractivity contribution < 1.29 is 33.0 Å². The number of rotatable bonds is 16. The largest absolute Gasteiger partial charge is 0.489 e. The topological polar surface area (TPSA) is 177 Å². The highest BCUT2D eigenvalue weighted by Gasteiger charge is 2.45. The van der Waals surface area contributed by atoms with Crippen molar-refractivity contribution in [2.75, 3.05) is 76.7 Å². The number of ether oxygens (including phenoxy) is 2. The summed E-state index contributed by atoms with van der Waals surface area (Å²) < 4.78 is 27.9. The SMILES string of the molecule is Nc1ncc(-c2cnn(C3CCN(CCOCCN4CC(CNc5cccc6c5C(=O)N([C@H]5CCC(=O)NC5=O)C6=O)C4)CC3)c2)cc1OCCc1c(Cl)ccc(F)c1Cl. The van der Waals surface area contributed by atoms with Crippen LogP contribution in [0.15, 0.2) is 55.0 Å². The fraction of sp³-hybridized carbons (Fsp3) is 0.429. The predicted octanol–water partition coefficient (Wildman–Crippen LogP) is 4.69. The van der Waals surface area contributed by atoms with E-state index in [-0.39, 0.29) is 47.5 Å². The Bertz CT molecular complexity index is 2280. The Morgan fingerprint density at radius 3 is 2.50 bits per heavy atom. The van der Waals surface area contributed by atoms with Crippen LogP contribution in [0.25, 0.3) is 11.1 Å². The van der Waals surface area contributed by atoms with Crippen molar-refractivity contribution >= 4 is 58.3 Å². The summed E-state index contributed by atoms with van der Waals surface area (Å²) in [5.74, 6) is -1.54. The molecule has 0 unspecified atom stereocenters. The number of piperidine rings is 2. The Hall–Kier alpha value is -5.13. The fourth-order valence-corrected chi connectivity index (χ4v) is 8.84. The smallest absolute Gasteiger partial charge is 0.264 e. The molecule has 60 heavy (non-hydrogen) atoms. The van der Waals surface area contributed by atoms with Crippen molar-refractivity contribution in [2.45, 2.75) is 44.2 Å². The van der Waals surface area contributed by atoms with Gasteiger partial charge in [0.15, 0.2) is 11.6 Å². The lowest BCUT2D eigenvalue weighted by Crippen LogP contribution is -2.54. The average Bonchev–Trinajstić information content (AvgIpc) is 3.82. The number of benzene rings is 2. The van der Waals surface area contributed by atoms with E-state index in [0.29, 0.717) is 54.1 Å². The summed E-state index contributed by atoms with van der Waals surface area (Å²) in [6, 6.07) is 8.93. The van der Waals surface area contributed by atoms with Gasteiger partial charge in [0, 0.05) is 98.8 Å². The summed E-state index contributed by atoms with van der Waals surface area (Å²) in [4.78, 5) is 60.6. The first-order valence-corrected chi connectivity index (χ1v) is 21.0. The number of anilines is 2. The summed E-state index contributed by atoms with van der Waals surface area (Å²) in [6.07, 6.45) is 7.98. The second-order valence-electron chi connectivity index (χ2n) is 15.6. The highest BCUT2D eigenvalue weighted by Crippen LogP contribution is 2.34. The van der Waals surface area contributed by atoms with E-state index >= 15 is 0 Å². The Labute approximate surface area is 356 Å². The molecule has 0 saturated carbocycles. The molecule has 15 nitrogen and oxygen atoms in total. The third-order valence-corrected chi connectivity index (χ3v) is 12.4. The fourth-order valence-electron chi connectivity index (χ4n) is 8.28. The van der Waals surface area contributed by atoms with E-state index in [9.17, 15) is 23.6 Å². The molecule has 6 heterocycles. The van der Waals surface area contributed by atoms with Gasteiger partial charge < -0.3 is 30.3 Å². The second kappa shape index (κ2) is 18.2. The highest BCUT2D eigenvalue weighted by atomic mass is 35.5. The summed E-state index contributed by atoms with van der Waals surface area (Å²) >= 11 is 12.3. The number of carbonyl (C=O) groups is 4. The minimum atomic E-state index is -0.991. The van der Waals surface area contributed by atoms with Gasteiger partial charge in [0.05, 0.1) is 48.2 Å². The molecule has 4 aromatic rings. The van der Waals surface area contributed by atoms with Crippen LogP contribution in [0.4, 0.5) is 15.9 Å². The maximum absolute atomic E-state index is 13.9. The van der Waals surface area contributed by atoms with E-state index in [4.69, 9.17) is 38.4 Å². The van der Waals surface area contributed by atoms with Gasteiger partial charge in [-0.1, -0.05) is 29.3 Å². The number of amides is 4. The molecule has 8 rings (SSSR count). The molecule has 4 amide bonds. The minimum absolute atomic E-state index is 0.0152. The van der Waals surface area contributed by atoms with E-state index < -0.39 is 35.5 Å². The molecule has 0 spiro atoms. The third kappa shape index (κ3) is 8.98. The van der Waals surface area contributed by atoms with Crippen LogP contribution in [-0.4, -0.2) is 125 Å². The van der Waals surface area contributed by atoms with E-state index in [1.54, 1.807) is 24.4 Å². The highest BCUT2D eigenvalue weighted by molar-refractivity contribution is 6.36. The maximum atomic E-state index is 13.9. The summed E-state index contributed by atoms with van der Waals surface area (Å²) in [7, 11) is 0. The maximum Gasteiger partial charge on any atom is 0.264 e. The molecule has 3 fully saturated rings. The molecule has 0 aliphatic carbocycles. The average molecular weight is 863 g/mol. The Kier molecular flexibility index (Phi) is 12.6. The first kappa shape index (κ1) is 41.6. The van der Waals surface area contributed by atoms with Crippen LogP contribution in [0.5, 0.6) is 5.75 Å². The molecule has 4 N–H and O–H groups in total. The lowest BCUT2D eigenvalue weighted by atomic mass is 9.99. The van der Waals surface area contributed by atoms with Crippen molar-refractivity contribution in [2.24, 2.45) is 5.92 Å². The van der Waals surface area contributed by atoms with Crippen molar-refractivity contribution in [3.8, 4) is 16.9 Å². The zero-order valence-electron chi connectivity index (χ0n) is 32.9. The number of imide groups is 2. The number of halogens is 3. The van der Waals surface area contributed by atoms with Gasteiger partial charge in [0.1, 0.15) is 11.9 Å². The van der Waals surface area contributed by atoms with Crippen LogP contribution in [0.1, 0.15) is 58.0 Å². The number of pyridine rings is 1. The Morgan fingerprint density at radius 1 is 0.933 bits per heavy atom. The molecule has 0 bridgehead atoms. The molecule has 3 saturated heterocycles. The van der Waals surface area contributed by atoms with Gasteiger partial charge in [-0.15, -0.1) is 0 Å². The molecule has 4 aliphatic rings. The molecule has 2 aromatic carbocycles. The standard InChI is InChI=1S/C42H46Cl2FN9O6/c43-31-4-5-32(45)38(44)29(31)10-15-60-35-18-26(20-48-39(35)46)27-21-49-53(24-27)28-8-11-51(12-9-28)13-16-59-17-14-52-22-25(23-52)19-47-33-3-1-2-30-37(33)42(58)54(41(30)57)34-6-7-36(55)50-40(34)56/h1-5,18,20-21,24-25,28,34,47H,6-17,19,22-23H2,(H2,46,48)(H,50,55,56)/t34-/m0/s1. The quantitative estimate of drug-likeness (QED) is 0.0806. The lowest BCUT2D eigenvalue weighted by Gasteiger charge is -2.39. The van der Waals surface area contributed by atoms with Crippen LogP contribution >= 0.6 is 23.2 Å². The number of nitrogens with two attached hydrogens (primary N) is 1. The van der Waals surface area contributed by atoms with Crippen molar-refractivity contribution in [1.29, 1.82) is 0 Å². The molecule has 4 aliphatic heterocycles. The van der Waals surface area contributed by atoms with Crippen molar-refractivity contribution in [3.05, 3.63) is 87.5 Å². The predicted molar refractivity (Wildman–Crippen MR) is 223 cm³/mol. The van der Waals surface area contributed by atoms with Gasteiger partial charge in [0.2, 0.25) is 11.8 Å². The van der Waals surface area contributed by atoms with Gasteiger partial charge >= 0.3 is 0 Å². The number of fused-ring (bicyclic) bond motifs is 1. The summed E-state index contributed by atoms with van der Waals surface area (Å²) in [6.45, 7) is 7.54. The van der Waals surface area contributed by atoms with Crippen LogP contribution in [0.2, 0.25) is 10.0 Å². The Balaban J connectivity index is 0.713. The second-order valence-corrected chi connectivity index (χ2v) is 16.4. The van der Waals surface area contributed by atoms with Gasteiger partial charge in [0.25, 0.3) is 11.8 Å². The number of likely N-dealkylation sites (tertiary alicyclic amines) is 2. The molecular formula is C42H46Cl2FN9O6. The first-order valence-electron chi connectivity index (χ1n) is 20.2. The van der Waals surface area contributed by atoms with E-state index in [1.807, 2.05) is 23.1 Å². The third-order valence-electron chi connectivity index (χ3n) is 11.7. The van der Waals surface area contributed by atoms with Crippen LogP contribution in [0, 0.1) is 11.7 Å². The molecule has 18 heteroatoms. The van der Waals surface area contributed by atoms with Crippen molar-refractivity contribution in [3.63, 3.8) is 0 Å². The van der Waals surface area contributed by atoms with Gasteiger partial charge in [-0.05, 0) is 55.2 Å². The number of aromatic nitrogens is 3. The number of nitrogens with one attached hydrogen (secondary N) is 2. The molecule has 0 radical (unpaired) electrons. The number of nitrogen functional groups attached to an aromatic ring is 1. The van der Waals surface area contributed by atoms with Crippen LogP contribution in [0.3, 0.4) is 0 Å². The van der Waals surface area contributed by atoms with E-state index in [0.717, 1.165) is 68.1 Å². The summed E-state index contributed by atoms with van der Waals surface area (Å²) in [5, 5.41) is 10.6. The van der Waals surface area contributed by atoms with E-state index in [1.165, 1.54) is 12.1 Å². The number of nitrogens with zero attached hydrogens (tertiary/aromatic N) is 6. The zero-order chi connectivity index (χ0) is 41.9. The summed E-state index contributed by atoms with van der Waals surface area (Å²) in [5.41, 5.74) is 9.42. The number of hydrogen-bond donors (Lipinski definition) is 3. The number of carbonyl (C=O) groups excluding carboxylic acids is 4. The number of hydrogen-bond acceptors (Lipinski definition) is 12. The van der Waals surface area contributed by atoms with Crippen LogP contribution < -0.4 is 21.1 Å². The van der Waals surface area contributed by atoms with Gasteiger partial charge in [-0.2, -0.15) is 5.10 Å². The molecular weight excluding hydrogens is 816 g/mol. The minimum Gasteiger partial charge on any atom is -0.489 e. The first-order chi connectivity index (χ1) is 29.0. The molecule has 2 aromatic heterocycles.